The van der Waals surface area contributed by atoms with Crippen LogP contribution < -0.4 is 5.56 Å². The molecule has 1 amide bonds. The van der Waals surface area contributed by atoms with Crippen LogP contribution in [-0.2, 0) is 11.3 Å². The summed E-state index contributed by atoms with van der Waals surface area (Å²) < 4.78 is 40.7. The molecular formula is C20H26F3N3O3. The average molecular weight is 413 g/mol. The van der Waals surface area contributed by atoms with Crippen LogP contribution in [0.4, 0.5) is 13.2 Å². The van der Waals surface area contributed by atoms with Crippen molar-refractivity contribution in [2.45, 2.75) is 50.5 Å². The smallest absolute Gasteiger partial charge is 0.390 e. The molecule has 4 atom stereocenters. The van der Waals surface area contributed by atoms with Crippen LogP contribution >= 0.6 is 0 Å². The van der Waals surface area contributed by atoms with Gasteiger partial charge in [-0.05, 0) is 25.3 Å². The third-order valence-electron chi connectivity index (χ3n) is 6.64. The fourth-order valence-electron chi connectivity index (χ4n) is 5.35. The minimum atomic E-state index is -4.35. The first-order valence-electron chi connectivity index (χ1n) is 10.2. The summed E-state index contributed by atoms with van der Waals surface area (Å²) in [5.74, 6) is -0.950. The van der Waals surface area contributed by atoms with Crippen LogP contribution in [0, 0.1) is 11.8 Å². The van der Waals surface area contributed by atoms with Crippen LogP contribution in [0.3, 0.4) is 0 Å². The van der Waals surface area contributed by atoms with Gasteiger partial charge in [0, 0.05) is 56.4 Å². The van der Waals surface area contributed by atoms with Crippen molar-refractivity contribution in [1.82, 2.24) is 14.4 Å². The van der Waals surface area contributed by atoms with Crippen LogP contribution in [-0.4, -0.2) is 63.8 Å². The molecule has 4 rings (SSSR count). The lowest BCUT2D eigenvalue weighted by Crippen LogP contribution is -2.51. The molecule has 3 aliphatic heterocycles. The van der Waals surface area contributed by atoms with E-state index in [0.717, 1.165) is 19.3 Å². The number of rotatable bonds is 4. The molecule has 1 N–H and O–H groups in total. The van der Waals surface area contributed by atoms with Gasteiger partial charge in [-0.1, -0.05) is 6.07 Å². The normalized spacial score (nSPS) is 29.7. The second kappa shape index (κ2) is 7.75. The zero-order valence-electron chi connectivity index (χ0n) is 16.1. The van der Waals surface area contributed by atoms with E-state index in [1.165, 1.54) is 6.07 Å². The second-order valence-electron chi connectivity index (χ2n) is 8.29. The summed E-state index contributed by atoms with van der Waals surface area (Å²) in [4.78, 5) is 28.9. The highest BCUT2D eigenvalue weighted by atomic mass is 19.4. The summed E-state index contributed by atoms with van der Waals surface area (Å²) >= 11 is 0. The molecule has 0 saturated carbocycles. The number of piperidine rings is 1. The van der Waals surface area contributed by atoms with Gasteiger partial charge < -0.3 is 14.6 Å². The predicted octanol–water partition coefficient (Wildman–Crippen LogP) is 1.78. The van der Waals surface area contributed by atoms with Crippen molar-refractivity contribution in [3.05, 3.63) is 34.2 Å². The number of likely N-dealkylation sites (tertiary alicyclic amines) is 2. The van der Waals surface area contributed by atoms with Gasteiger partial charge in [-0.15, -0.1) is 0 Å². The number of amides is 1. The van der Waals surface area contributed by atoms with E-state index in [9.17, 15) is 27.9 Å². The Morgan fingerprint density at radius 3 is 2.55 bits per heavy atom. The van der Waals surface area contributed by atoms with E-state index in [1.54, 1.807) is 26.5 Å². The number of fused-ring (bicyclic) bond motifs is 3. The quantitative estimate of drug-likeness (QED) is 0.817. The molecule has 0 bridgehead atoms. The molecule has 0 spiro atoms. The lowest BCUT2D eigenvalue weighted by atomic mass is 9.88. The summed E-state index contributed by atoms with van der Waals surface area (Å²) in [5, 5.41) is 10.1. The third kappa shape index (κ3) is 3.70. The fourth-order valence-corrected chi connectivity index (χ4v) is 5.35. The Bertz CT molecular complexity index is 819. The number of alkyl halides is 3. The van der Waals surface area contributed by atoms with Gasteiger partial charge in [0.15, 0.2) is 0 Å². The Morgan fingerprint density at radius 1 is 1.17 bits per heavy atom. The standard InChI is InChI=1S/C20H26F3N3O3/c21-20(22,23)7-10-25-17-13(11-26-15(17)5-4-6-16(26)28)14(12-27)18(25)19(29)24-8-2-1-3-9-24/h4-6,13-14,17-18,27H,1-3,7-12H2/t13-,14-,17+,18-/m0/s1. The van der Waals surface area contributed by atoms with E-state index in [1.807, 2.05) is 0 Å². The van der Waals surface area contributed by atoms with E-state index >= 15 is 0 Å². The van der Waals surface area contributed by atoms with Gasteiger partial charge in [0.25, 0.3) is 5.56 Å². The minimum absolute atomic E-state index is 0.190. The highest BCUT2D eigenvalue weighted by molar-refractivity contribution is 5.83. The molecule has 160 valence electrons. The molecule has 4 heterocycles. The summed E-state index contributed by atoms with van der Waals surface area (Å²) in [5.41, 5.74) is 0.431. The number of halogens is 3. The van der Waals surface area contributed by atoms with Gasteiger partial charge in [-0.2, -0.15) is 13.2 Å². The van der Waals surface area contributed by atoms with Gasteiger partial charge >= 0.3 is 6.18 Å². The highest BCUT2D eigenvalue weighted by Crippen LogP contribution is 2.49. The molecule has 2 fully saturated rings. The molecule has 9 heteroatoms. The molecule has 0 aliphatic carbocycles. The molecule has 6 nitrogen and oxygen atoms in total. The third-order valence-corrected chi connectivity index (χ3v) is 6.64. The first kappa shape index (κ1) is 20.4. The van der Waals surface area contributed by atoms with E-state index in [-0.39, 0.29) is 30.5 Å². The maximum absolute atomic E-state index is 13.3. The van der Waals surface area contributed by atoms with E-state index in [0.29, 0.717) is 25.3 Å². The average Bonchev–Trinajstić information content (AvgIpc) is 3.21. The van der Waals surface area contributed by atoms with Crippen molar-refractivity contribution in [2.75, 3.05) is 26.2 Å². The van der Waals surface area contributed by atoms with Crippen molar-refractivity contribution < 1.29 is 23.1 Å². The SMILES string of the molecule is O=C([C@@H]1[C@@H](CO)[C@@H]2Cn3c(cccc3=O)[C@@H]2N1CCC(F)(F)F)N1CCCCC1. The maximum Gasteiger partial charge on any atom is 0.390 e. The Morgan fingerprint density at radius 2 is 1.90 bits per heavy atom. The number of hydrogen-bond acceptors (Lipinski definition) is 4. The molecule has 0 radical (unpaired) electrons. The molecule has 3 aliphatic rings. The van der Waals surface area contributed by atoms with Gasteiger partial charge in [-0.25, -0.2) is 0 Å². The van der Waals surface area contributed by atoms with Crippen molar-refractivity contribution in [3.8, 4) is 0 Å². The summed E-state index contributed by atoms with van der Waals surface area (Å²) in [6.07, 6.45) is -2.57. The number of aliphatic hydroxyl groups is 1. The molecule has 2 saturated heterocycles. The zero-order chi connectivity index (χ0) is 20.8. The van der Waals surface area contributed by atoms with Crippen molar-refractivity contribution in [2.24, 2.45) is 11.8 Å². The summed E-state index contributed by atoms with van der Waals surface area (Å²) in [7, 11) is 0. The van der Waals surface area contributed by atoms with E-state index < -0.39 is 30.6 Å². The number of pyridine rings is 1. The number of carbonyl (C=O) groups is 1. The van der Waals surface area contributed by atoms with Gasteiger partial charge in [0.2, 0.25) is 5.91 Å². The monoisotopic (exact) mass is 413 g/mol. The topological polar surface area (TPSA) is 65.8 Å². The summed E-state index contributed by atoms with van der Waals surface area (Å²) in [6.45, 7) is 0.903. The number of hydrogen-bond donors (Lipinski definition) is 1. The van der Waals surface area contributed by atoms with Crippen molar-refractivity contribution in [1.29, 1.82) is 0 Å². The Kier molecular flexibility index (Phi) is 5.46. The number of nitrogens with zero attached hydrogens (tertiary/aromatic N) is 3. The number of aliphatic hydroxyl groups excluding tert-OH is 1. The fraction of sp³-hybridized carbons (Fsp3) is 0.700. The van der Waals surface area contributed by atoms with Crippen LogP contribution in [0.25, 0.3) is 0 Å². The van der Waals surface area contributed by atoms with Crippen LogP contribution in [0.2, 0.25) is 0 Å². The largest absolute Gasteiger partial charge is 0.396 e. The van der Waals surface area contributed by atoms with Crippen molar-refractivity contribution in [3.63, 3.8) is 0 Å². The minimum Gasteiger partial charge on any atom is -0.396 e. The molecule has 0 unspecified atom stereocenters. The molecule has 0 aromatic carbocycles. The van der Waals surface area contributed by atoms with Crippen LogP contribution in [0.15, 0.2) is 23.0 Å². The van der Waals surface area contributed by atoms with Crippen LogP contribution in [0.5, 0.6) is 0 Å². The van der Waals surface area contributed by atoms with Gasteiger partial charge in [-0.3, -0.25) is 14.5 Å². The summed E-state index contributed by atoms with van der Waals surface area (Å²) in [6, 6.07) is 3.51. The number of carbonyl (C=O) groups excluding carboxylic acids is 1. The lowest BCUT2D eigenvalue weighted by molar-refractivity contribution is -0.148. The van der Waals surface area contributed by atoms with E-state index in [2.05, 4.69) is 0 Å². The number of aromatic nitrogens is 1. The molecule has 1 aromatic heterocycles. The Labute approximate surface area is 166 Å². The lowest BCUT2D eigenvalue weighted by Gasteiger charge is -2.36. The molecular weight excluding hydrogens is 387 g/mol. The zero-order valence-corrected chi connectivity index (χ0v) is 16.1. The van der Waals surface area contributed by atoms with Gasteiger partial charge in [0.05, 0.1) is 18.5 Å². The first-order valence-corrected chi connectivity index (χ1v) is 10.2. The van der Waals surface area contributed by atoms with Gasteiger partial charge in [0.1, 0.15) is 0 Å². The van der Waals surface area contributed by atoms with E-state index in [4.69, 9.17) is 0 Å². The highest BCUT2D eigenvalue weighted by Gasteiger charge is 2.56. The Hall–Kier alpha value is -1.87. The molecule has 1 aromatic rings. The maximum atomic E-state index is 13.3. The van der Waals surface area contributed by atoms with Crippen LogP contribution in [0.1, 0.15) is 37.4 Å². The first-order chi connectivity index (χ1) is 13.8. The predicted molar refractivity (Wildman–Crippen MR) is 99.1 cm³/mol. The van der Waals surface area contributed by atoms with Crippen molar-refractivity contribution >= 4 is 5.91 Å². The molecule has 29 heavy (non-hydrogen) atoms. The second-order valence-corrected chi connectivity index (χ2v) is 8.29. The Balaban J connectivity index is 1.70.